The van der Waals surface area contributed by atoms with E-state index in [9.17, 15) is 9.59 Å². The largest absolute Gasteiger partial charge is 0.456 e. The number of rotatable bonds is 6. The van der Waals surface area contributed by atoms with Crippen LogP contribution in [0.3, 0.4) is 0 Å². The van der Waals surface area contributed by atoms with Crippen LogP contribution in [0.4, 0.5) is 0 Å². The number of aldehydes is 1. The Balaban J connectivity index is 3.15. The molecule has 0 amide bonds. The van der Waals surface area contributed by atoms with Crippen LogP contribution in [-0.4, -0.2) is 38.6 Å². The predicted molar refractivity (Wildman–Crippen MR) is 36.9 cm³/mol. The number of carbonyl (C=O) groups is 2. The summed E-state index contributed by atoms with van der Waals surface area (Å²) in [5.74, 6) is -0.550. The summed E-state index contributed by atoms with van der Waals surface area (Å²) in [5.41, 5.74) is 5.08. The summed E-state index contributed by atoms with van der Waals surface area (Å²) in [5, 5.41) is 0. The summed E-state index contributed by atoms with van der Waals surface area (Å²) in [6, 6.07) is 0. The van der Waals surface area contributed by atoms with Crippen molar-refractivity contribution in [2.75, 3.05) is 26.4 Å². The molecule has 0 aliphatic heterocycles. The molecule has 0 spiro atoms. The molecule has 5 nitrogen and oxygen atoms in total. The molecule has 0 aromatic carbocycles. The molecule has 0 radical (unpaired) electrons. The Kier molecular flexibility index (Phi) is 6.56. The standard InChI is InChI=1S/C6H11NO4/c7-1-3-10-5-6(9)11-4-2-8/h2H,1,3-5,7H2. The fourth-order valence-electron chi connectivity index (χ4n) is 0.407. The van der Waals surface area contributed by atoms with Crippen molar-refractivity contribution in [3.63, 3.8) is 0 Å². The zero-order chi connectivity index (χ0) is 8.53. The molecule has 0 rings (SSSR count). The van der Waals surface area contributed by atoms with Crippen LogP contribution < -0.4 is 5.73 Å². The van der Waals surface area contributed by atoms with Crippen molar-refractivity contribution in [1.29, 1.82) is 0 Å². The Bertz CT molecular complexity index is 126. The number of ether oxygens (including phenoxy) is 2. The second-order valence-corrected chi connectivity index (χ2v) is 1.69. The predicted octanol–water partition coefficient (Wildman–Crippen LogP) is -1.30. The SMILES string of the molecule is NCCOCC(=O)OCC=O. The van der Waals surface area contributed by atoms with Gasteiger partial charge in [-0.05, 0) is 0 Å². The summed E-state index contributed by atoms with van der Waals surface area (Å²) >= 11 is 0. The minimum absolute atomic E-state index is 0.148. The van der Waals surface area contributed by atoms with Gasteiger partial charge in [-0.1, -0.05) is 0 Å². The maximum atomic E-state index is 10.5. The van der Waals surface area contributed by atoms with Crippen molar-refractivity contribution in [3.05, 3.63) is 0 Å². The number of esters is 1. The second-order valence-electron chi connectivity index (χ2n) is 1.69. The monoisotopic (exact) mass is 161 g/mol. The van der Waals surface area contributed by atoms with Crippen LogP contribution in [0.1, 0.15) is 0 Å². The molecule has 0 saturated carbocycles. The zero-order valence-corrected chi connectivity index (χ0v) is 6.12. The van der Waals surface area contributed by atoms with Crippen LogP contribution in [0, 0.1) is 0 Å². The van der Waals surface area contributed by atoms with Gasteiger partial charge in [0, 0.05) is 6.54 Å². The Morgan fingerprint density at radius 2 is 2.27 bits per heavy atom. The van der Waals surface area contributed by atoms with E-state index in [1.807, 2.05) is 0 Å². The van der Waals surface area contributed by atoms with Gasteiger partial charge in [-0.3, -0.25) is 4.79 Å². The lowest BCUT2D eigenvalue weighted by molar-refractivity contribution is -0.150. The first kappa shape index (κ1) is 10.1. The summed E-state index contributed by atoms with van der Waals surface area (Å²) in [4.78, 5) is 20.2. The van der Waals surface area contributed by atoms with Crippen LogP contribution >= 0.6 is 0 Å². The van der Waals surface area contributed by atoms with Gasteiger partial charge in [0.1, 0.15) is 13.2 Å². The molecule has 0 saturated heterocycles. The van der Waals surface area contributed by atoms with Crippen molar-refractivity contribution in [2.45, 2.75) is 0 Å². The van der Waals surface area contributed by atoms with Crippen molar-refractivity contribution < 1.29 is 19.1 Å². The van der Waals surface area contributed by atoms with Gasteiger partial charge in [-0.2, -0.15) is 0 Å². The Morgan fingerprint density at radius 1 is 1.55 bits per heavy atom. The fourth-order valence-corrected chi connectivity index (χ4v) is 0.407. The van der Waals surface area contributed by atoms with Gasteiger partial charge >= 0.3 is 5.97 Å². The van der Waals surface area contributed by atoms with Gasteiger partial charge in [0.15, 0.2) is 6.29 Å². The highest BCUT2D eigenvalue weighted by atomic mass is 16.6. The highest BCUT2D eigenvalue weighted by Gasteiger charge is 2.00. The smallest absolute Gasteiger partial charge is 0.332 e. The molecule has 0 unspecified atom stereocenters. The Hall–Kier alpha value is -0.940. The van der Waals surface area contributed by atoms with E-state index in [0.29, 0.717) is 19.4 Å². The van der Waals surface area contributed by atoms with E-state index >= 15 is 0 Å². The topological polar surface area (TPSA) is 78.6 Å². The molecule has 0 aromatic heterocycles. The third-order valence-corrected chi connectivity index (χ3v) is 0.794. The van der Waals surface area contributed by atoms with Crippen LogP contribution in [0.25, 0.3) is 0 Å². The molecule has 0 fully saturated rings. The molecule has 0 aromatic rings. The summed E-state index contributed by atoms with van der Waals surface area (Å²) in [6.45, 7) is 0.313. The molecule has 0 aliphatic rings. The van der Waals surface area contributed by atoms with Crippen LogP contribution in [-0.2, 0) is 19.1 Å². The van der Waals surface area contributed by atoms with E-state index < -0.39 is 5.97 Å². The third kappa shape index (κ3) is 6.95. The zero-order valence-electron chi connectivity index (χ0n) is 6.12. The molecule has 0 atom stereocenters. The number of nitrogens with two attached hydrogens (primary N) is 1. The lowest BCUT2D eigenvalue weighted by atomic mass is 10.7. The Labute approximate surface area is 64.5 Å². The molecule has 0 aliphatic carbocycles. The molecule has 2 N–H and O–H groups in total. The van der Waals surface area contributed by atoms with E-state index in [-0.39, 0.29) is 13.2 Å². The van der Waals surface area contributed by atoms with E-state index in [4.69, 9.17) is 10.5 Å². The number of hydrogen-bond donors (Lipinski definition) is 1. The van der Waals surface area contributed by atoms with Gasteiger partial charge in [-0.25, -0.2) is 4.79 Å². The first-order chi connectivity index (χ1) is 5.31. The third-order valence-electron chi connectivity index (χ3n) is 0.794. The van der Waals surface area contributed by atoms with Crippen LogP contribution in [0.2, 0.25) is 0 Å². The van der Waals surface area contributed by atoms with Gasteiger partial charge in [0.05, 0.1) is 6.61 Å². The molecule has 0 heterocycles. The minimum atomic E-state index is -0.550. The molecular formula is C6H11NO4. The quantitative estimate of drug-likeness (QED) is 0.297. The van der Waals surface area contributed by atoms with Gasteiger partial charge in [-0.15, -0.1) is 0 Å². The summed E-state index contributed by atoms with van der Waals surface area (Å²) in [7, 11) is 0. The van der Waals surface area contributed by atoms with Crippen LogP contribution in [0.5, 0.6) is 0 Å². The first-order valence-corrected chi connectivity index (χ1v) is 3.18. The van der Waals surface area contributed by atoms with Crippen molar-refractivity contribution in [3.8, 4) is 0 Å². The van der Waals surface area contributed by atoms with Crippen molar-refractivity contribution in [2.24, 2.45) is 5.73 Å². The molecular weight excluding hydrogens is 150 g/mol. The number of carbonyl (C=O) groups excluding carboxylic acids is 2. The summed E-state index contributed by atoms with van der Waals surface area (Å²) in [6.07, 6.45) is 0.501. The van der Waals surface area contributed by atoms with E-state index in [1.165, 1.54) is 0 Å². The highest BCUT2D eigenvalue weighted by Crippen LogP contribution is 1.78. The van der Waals surface area contributed by atoms with Gasteiger partial charge in [0.2, 0.25) is 0 Å². The van der Waals surface area contributed by atoms with Crippen LogP contribution in [0.15, 0.2) is 0 Å². The minimum Gasteiger partial charge on any atom is -0.456 e. The lowest BCUT2D eigenvalue weighted by Crippen LogP contribution is -2.17. The molecule has 5 heteroatoms. The second kappa shape index (κ2) is 7.17. The highest BCUT2D eigenvalue weighted by molar-refractivity contribution is 5.72. The average molecular weight is 161 g/mol. The number of hydrogen-bond acceptors (Lipinski definition) is 5. The van der Waals surface area contributed by atoms with Gasteiger partial charge in [0.25, 0.3) is 0 Å². The molecule has 11 heavy (non-hydrogen) atoms. The van der Waals surface area contributed by atoms with E-state index in [1.54, 1.807) is 0 Å². The molecule has 64 valence electrons. The fraction of sp³-hybridized carbons (Fsp3) is 0.667. The molecule has 0 bridgehead atoms. The lowest BCUT2D eigenvalue weighted by Gasteiger charge is -2.00. The van der Waals surface area contributed by atoms with Crippen molar-refractivity contribution >= 4 is 12.3 Å². The Morgan fingerprint density at radius 3 is 2.82 bits per heavy atom. The first-order valence-electron chi connectivity index (χ1n) is 3.18. The average Bonchev–Trinajstić information content (AvgIpc) is 2.01. The summed E-state index contributed by atoms with van der Waals surface area (Å²) < 4.78 is 9.09. The van der Waals surface area contributed by atoms with E-state index in [2.05, 4.69) is 4.74 Å². The normalized spacial score (nSPS) is 9.18. The van der Waals surface area contributed by atoms with E-state index in [0.717, 1.165) is 0 Å². The maximum Gasteiger partial charge on any atom is 0.332 e. The maximum absolute atomic E-state index is 10.5. The van der Waals surface area contributed by atoms with Gasteiger partial charge < -0.3 is 15.2 Å². The van der Waals surface area contributed by atoms with Crippen molar-refractivity contribution in [1.82, 2.24) is 0 Å².